The fraction of sp³-hybridized carbons (Fsp3) is 0.167. The maximum Gasteiger partial charge on any atom is 0.176 e. The maximum atomic E-state index is 13.4. The number of aryl methyl sites for hydroxylation is 1. The first-order chi connectivity index (χ1) is 8.49. The van der Waals surface area contributed by atoms with Crippen LogP contribution in [0.4, 0.5) is 13.2 Å². The molecule has 0 saturated heterocycles. The molecule has 2 rings (SSSR count). The number of benzene rings is 1. The van der Waals surface area contributed by atoms with Gasteiger partial charge in [0.05, 0.1) is 12.0 Å². The van der Waals surface area contributed by atoms with Gasteiger partial charge in [-0.2, -0.15) is 0 Å². The molecule has 0 aliphatic carbocycles. The molecule has 2 aromatic rings. The Morgan fingerprint density at radius 3 is 2.39 bits per heavy atom. The maximum absolute atomic E-state index is 13.4. The molecule has 1 aromatic heterocycles. The molecule has 1 aromatic carbocycles. The van der Waals surface area contributed by atoms with Gasteiger partial charge < -0.3 is 4.57 Å². The number of rotatable bonds is 3. The summed E-state index contributed by atoms with van der Waals surface area (Å²) in [6, 6.07) is 0.962. The zero-order valence-electron chi connectivity index (χ0n) is 9.45. The molecule has 0 unspecified atom stereocenters. The average Bonchev–Trinajstić information content (AvgIpc) is 2.62. The van der Waals surface area contributed by atoms with Crippen LogP contribution in [0.5, 0.6) is 0 Å². The van der Waals surface area contributed by atoms with E-state index in [0.29, 0.717) is 18.0 Å². The van der Waals surface area contributed by atoms with Crippen molar-refractivity contribution in [2.75, 3.05) is 0 Å². The summed E-state index contributed by atoms with van der Waals surface area (Å²) >= 11 is 0. The van der Waals surface area contributed by atoms with Gasteiger partial charge in [-0.1, -0.05) is 0 Å². The van der Waals surface area contributed by atoms with E-state index in [1.54, 1.807) is 17.8 Å². The number of aromatic nitrogens is 2. The Balaban J connectivity index is 2.33. The summed E-state index contributed by atoms with van der Waals surface area (Å²) < 4.78 is 41.0. The third-order valence-electron chi connectivity index (χ3n) is 2.53. The van der Waals surface area contributed by atoms with Crippen LogP contribution in [0.3, 0.4) is 0 Å². The van der Waals surface area contributed by atoms with Crippen molar-refractivity contribution >= 4 is 5.78 Å². The summed E-state index contributed by atoms with van der Waals surface area (Å²) in [5.41, 5.74) is -0.737. The monoisotopic (exact) mass is 254 g/mol. The third-order valence-corrected chi connectivity index (χ3v) is 2.53. The molecule has 6 heteroatoms. The molecule has 0 amide bonds. The Morgan fingerprint density at radius 1 is 1.28 bits per heavy atom. The molecule has 0 aliphatic rings. The summed E-state index contributed by atoms with van der Waals surface area (Å²) in [5.74, 6) is -3.86. The fourth-order valence-corrected chi connectivity index (χ4v) is 1.61. The number of Topliss-reactive ketones (excluding diaryl/α,β-unsaturated/α-hetero) is 1. The summed E-state index contributed by atoms with van der Waals surface area (Å²) in [6.45, 7) is 0. The Labute approximate surface area is 101 Å². The van der Waals surface area contributed by atoms with Crippen molar-refractivity contribution in [1.82, 2.24) is 9.55 Å². The highest BCUT2D eigenvalue weighted by atomic mass is 19.1. The molecule has 18 heavy (non-hydrogen) atoms. The largest absolute Gasteiger partial charge is 0.338 e. The van der Waals surface area contributed by atoms with E-state index in [4.69, 9.17) is 0 Å². The van der Waals surface area contributed by atoms with Crippen molar-refractivity contribution in [2.45, 2.75) is 6.42 Å². The number of ketones is 1. The zero-order valence-corrected chi connectivity index (χ0v) is 9.45. The van der Waals surface area contributed by atoms with Crippen LogP contribution in [0.2, 0.25) is 0 Å². The molecular formula is C12H9F3N2O. The van der Waals surface area contributed by atoms with Gasteiger partial charge in [0.2, 0.25) is 0 Å². The first kappa shape index (κ1) is 12.3. The van der Waals surface area contributed by atoms with Gasteiger partial charge in [0.25, 0.3) is 0 Å². The van der Waals surface area contributed by atoms with E-state index >= 15 is 0 Å². The molecule has 0 N–H and O–H groups in total. The van der Waals surface area contributed by atoms with Crippen molar-refractivity contribution in [3.8, 4) is 0 Å². The van der Waals surface area contributed by atoms with E-state index in [0.717, 1.165) is 0 Å². The van der Waals surface area contributed by atoms with E-state index in [-0.39, 0.29) is 6.42 Å². The number of nitrogens with zero attached hydrogens (tertiary/aromatic N) is 2. The number of carbonyl (C=O) groups excluding carboxylic acids is 1. The quantitative estimate of drug-likeness (QED) is 0.787. The highest BCUT2D eigenvalue weighted by molar-refractivity contribution is 5.97. The lowest BCUT2D eigenvalue weighted by molar-refractivity contribution is 0.0981. The van der Waals surface area contributed by atoms with Crippen LogP contribution in [0.1, 0.15) is 16.2 Å². The van der Waals surface area contributed by atoms with Gasteiger partial charge in [-0.25, -0.2) is 18.2 Å². The van der Waals surface area contributed by atoms with Crippen molar-refractivity contribution in [3.63, 3.8) is 0 Å². The smallest absolute Gasteiger partial charge is 0.176 e. The predicted molar refractivity (Wildman–Crippen MR) is 57.6 cm³/mol. The van der Waals surface area contributed by atoms with Gasteiger partial charge in [-0.15, -0.1) is 0 Å². The molecule has 0 atom stereocenters. The molecule has 0 fully saturated rings. The van der Waals surface area contributed by atoms with E-state index in [9.17, 15) is 18.0 Å². The molecule has 0 aliphatic heterocycles. The minimum Gasteiger partial charge on any atom is -0.338 e. The second kappa shape index (κ2) is 4.64. The highest BCUT2D eigenvalue weighted by Gasteiger charge is 2.20. The number of imidazole rings is 1. The molecule has 94 valence electrons. The molecule has 0 saturated carbocycles. The van der Waals surface area contributed by atoms with Crippen molar-refractivity contribution in [2.24, 2.45) is 7.05 Å². The van der Waals surface area contributed by atoms with E-state index in [1.165, 1.54) is 6.20 Å². The average molecular weight is 254 g/mol. The van der Waals surface area contributed by atoms with Crippen LogP contribution in [-0.2, 0) is 13.5 Å². The summed E-state index contributed by atoms with van der Waals surface area (Å²) in [6.07, 6.45) is 2.84. The van der Waals surface area contributed by atoms with E-state index in [2.05, 4.69) is 4.98 Å². The topological polar surface area (TPSA) is 34.9 Å². The second-order valence-corrected chi connectivity index (χ2v) is 3.80. The van der Waals surface area contributed by atoms with Gasteiger partial charge in [0.1, 0.15) is 23.3 Å². The van der Waals surface area contributed by atoms with Gasteiger partial charge in [0, 0.05) is 31.6 Å². The summed E-state index contributed by atoms with van der Waals surface area (Å²) in [7, 11) is 1.66. The zero-order chi connectivity index (χ0) is 13.3. The molecule has 1 heterocycles. The Bertz CT molecular complexity index is 584. The lowest BCUT2D eigenvalue weighted by atomic mass is 10.1. The first-order valence-corrected chi connectivity index (χ1v) is 5.13. The third kappa shape index (κ3) is 2.27. The lowest BCUT2D eigenvalue weighted by Crippen LogP contribution is -2.12. The minimum atomic E-state index is -1.20. The normalized spacial score (nSPS) is 10.7. The van der Waals surface area contributed by atoms with Gasteiger partial charge in [0.15, 0.2) is 5.78 Å². The van der Waals surface area contributed by atoms with Crippen LogP contribution in [0.15, 0.2) is 24.5 Å². The van der Waals surface area contributed by atoms with Gasteiger partial charge in [-0.3, -0.25) is 4.79 Å². The Morgan fingerprint density at radius 2 is 1.89 bits per heavy atom. The molecular weight excluding hydrogens is 245 g/mol. The molecule has 0 spiro atoms. The molecule has 0 bridgehead atoms. The number of hydrogen-bond donors (Lipinski definition) is 0. The Kier molecular flexibility index (Phi) is 3.18. The molecule has 3 nitrogen and oxygen atoms in total. The number of carbonyl (C=O) groups is 1. The Hall–Kier alpha value is -2.11. The van der Waals surface area contributed by atoms with Crippen LogP contribution in [0, 0.1) is 17.5 Å². The highest BCUT2D eigenvalue weighted by Crippen LogP contribution is 2.16. The van der Waals surface area contributed by atoms with E-state index in [1.807, 2.05) is 0 Å². The van der Waals surface area contributed by atoms with Gasteiger partial charge in [-0.05, 0) is 0 Å². The standard InChI is InChI=1S/C12H9F3N2O/c1-17-3-2-16-11(17)6-10(18)12-8(14)4-7(13)5-9(12)15/h2-5H,6H2,1H3. The molecule has 0 radical (unpaired) electrons. The second-order valence-electron chi connectivity index (χ2n) is 3.80. The van der Waals surface area contributed by atoms with Crippen molar-refractivity contribution in [3.05, 3.63) is 53.4 Å². The number of halogens is 3. The van der Waals surface area contributed by atoms with Crippen LogP contribution in [0.25, 0.3) is 0 Å². The van der Waals surface area contributed by atoms with Crippen molar-refractivity contribution in [1.29, 1.82) is 0 Å². The first-order valence-electron chi connectivity index (χ1n) is 5.13. The van der Waals surface area contributed by atoms with Crippen LogP contribution >= 0.6 is 0 Å². The van der Waals surface area contributed by atoms with Gasteiger partial charge >= 0.3 is 0 Å². The van der Waals surface area contributed by atoms with E-state index < -0.39 is 28.8 Å². The predicted octanol–water partition coefficient (Wildman–Crippen LogP) is 2.26. The summed E-state index contributed by atoms with van der Waals surface area (Å²) in [5, 5.41) is 0. The summed E-state index contributed by atoms with van der Waals surface area (Å²) in [4.78, 5) is 15.6. The SMILES string of the molecule is Cn1ccnc1CC(=O)c1c(F)cc(F)cc1F. The minimum absolute atomic E-state index is 0.247. The van der Waals surface area contributed by atoms with Crippen molar-refractivity contribution < 1.29 is 18.0 Å². The van der Waals surface area contributed by atoms with Crippen LogP contribution < -0.4 is 0 Å². The number of hydrogen-bond acceptors (Lipinski definition) is 2. The lowest BCUT2D eigenvalue weighted by Gasteiger charge is -2.04. The fourth-order valence-electron chi connectivity index (χ4n) is 1.61. The van der Waals surface area contributed by atoms with Crippen LogP contribution in [-0.4, -0.2) is 15.3 Å².